The highest BCUT2D eigenvalue weighted by Crippen LogP contribution is 2.36. The van der Waals surface area contributed by atoms with Gasteiger partial charge in [0.15, 0.2) is 0 Å². The van der Waals surface area contributed by atoms with Crippen LogP contribution >= 0.6 is 0 Å². The van der Waals surface area contributed by atoms with Crippen LogP contribution in [-0.2, 0) is 4.79 Å². The summed E-state index contributed by atoms with van der Waals surface area (Å²) in [6.45, 7) is 2.07. The number of benzene rings is 2. The van der Waals surface area contributed by atoms with E-state index in [-0.39, 0.29) is 17.9 Å². The highest BCUT2D eigenvalue weighted by Gasteiger charge is 2.45. The van der Waals surface area contributed by atoms with Crippen molar-refractivity contribution in [2.24, 2.45) is 5.92 Å². The molecule has 1 fully saturated rings. The standard InChI is InChI=1S/C20H21NO2/c1-3-18-19(14-9-15-7-5-4-6-8-15)21(20(18)22)16-10-12-17(23-2)13-11-16/h4-14,18-19H,3H2,1-2H3/b14-9+/t18-,19-/m1/s1. The number of carbonyl (C=O) groups is 1. The van der Waals surface area contributed by atoms with Gasteiger partial charge in [0.1, 0.15) is 5.75 Å². The molecule has 118 valence electrons. The first kappa shape index (κ1) is 15.3. The number of hydrogen-bond donors (Lipinski definition) is 0. The van der Waals surface area contributed by atoms with E-state index < -0.39 is 0 Å². The number of amides is 1. The summed E-state index contributed by atoms with van der Waals surface area (Å²) < 4.78 is 5.18. The second-order valence-electron chi connectivity index (χ2n) is 5.68. The van der Waals surface area contributed by atoms with Crippen LogP contribution in [0.15, 0.2) is 60.7 Å². The summed E-state index contributed by atoms with van der Waals surface area (Å²) in [7, 11) is 1.64. The second kappa shape index (κ2) is 6.69. The van der Waals surface area contributed by atoms with Crippen LogP contribution in [0.2, 0.25) is 0 Å². The molecule has 2 aromatic rings. The predicted octanol–water partition coefficient (Wildman–Crippen LogP) is 4.15. The highest BCUT2D eigenvalue weighted by atomic mass is 16.5. The maximum absolute atomic E-state index is 12.4. The Morgan fingerprint density at radius 3 is 2.39 bits per heavy atom. The lowest BCUT2D eigenvalue weighted by Gasteiger charge is -2.45. The van der Waals surface area contributed by atoms with Crippen molar-refractivity contribution in [1.29, 1.82) is 0 Å². The van der Waals surface area contributed by atoms with Crippen molar-refractivity contribution in [1.82, 2.24) is 0 Å². The van der Waals surface area contributed by atoms with Crippen molar-refractivity contribution in [2.45, 2.75) is 19.4 Å². The van der Waals surface area contributed by atoms with Crippen LogP contribution in [-0.4, -0.2) is 19.1 Å². The molecule has 0 aromatic heterocycles. The Hall–Kier alpha value is -2.55. The summed E-state index contributed by atoms with van der Waals surface area (Å²) >= 11 is 0. The number of methoxy groups -OCH3 is 1. The van der Waals surface area contributed by atoms with Gasteiger partial charge in [0.25, 0.3) is 0 Å². The van der Waals surface area contributed by atoms with Crippen LogP contribution in [0.1, 0.15) is 18.9 Å². The van der Waals surface area contributed by atoms with E-state index in [2.05, 4.69) is 31.2 Å². The van der Waals surface area contributed by atoms with Gasteiger partial charge in [-0.2, -0.15) is 0 Å². The molecule has 3 nitrogen and oxygen atoms in total. The normalized spacial score (nSPS) is 20.6. The lowest BCUT2D eigenvalue weighted by atomic mass is 9.84. The minimum atomic E-state index is 0.0667. The van der Waals surface area contributed by atoms with Gasteiger partial charge in [-0.3, -0.25) is 4.79 Å². The lowest BCUT2D eigenvalue weighted by Crippen LogP contribution is -2.60. The Kier molecular flexibility index (Phi) is 4.47. The molecule has 0 aliphatic carbocycles. The average molecular weight is 307 g/mol. The van der Waals surface area contributed by atoms with Crippen molar-refractivity contribution in [2.75, 3.05) is 12.0 Å². The molecule has 1 aliphatic heterocycles. The van der Waals surface area contributed by atoms with Crippen LogP contribution in [0.3, 0.4) is 0 Å². The first-order valence-corrected chi connectivity index (χ1v) is 7.95. The Morgan fingerprint density at radius 1 is 1.09 bits per heavy atom. The van der Waals surface area contributed by atoms with Gasteiger partial charge in [0.05, 0.1) is 19.1 Å². The van der Waals surface area contributed by atoms with Gasteiger partial charge in [-0.15, -0.1) is 0 Å². The fraction of sp³-hybridized carbons (Fsp3) is 0.250. The Morgan fingerprint density at radius 2 is 1.78 bits per heavy atom. The van der Waals surface area contributed by atoms with Gasteiger partial charge in [-0.1, -0.05) is 49.4 Å². The molecule has 0 radical (unpaired) electrons. The molecular formula is C20H21NO2. The van der Waals surface area contributed by atoms with E-state index in [1.54, 1.807) is 7.11 Å². The lowest BCUT2D eigenvalue weighted by molar-refractivity contribution is -0.129. The summed E-state index contributed by atoms with van der Waals surface area (Å²) in [5, 5.41) is 0. The topological polar surface area (TPSA) is 29.5 Å². The number of ether oxygens (including phenoxy) is 1. The molecule has 1 amide bonds. The third-order valence-corrected chi connectivity index (χ3v) is 4.34. The highest BCUT2D eigenvalue weighted by molar-refractivity contribution is 6.03. The molecule has 0 spiro atoms. The summed E-state index contributed by atoms with van der Waals surface area (Å²) in [6.07, 6.45) is 5.08. The molecule has 1 saturated heterocycles. The number of β-lactam (4-membered cyclic amide) rings is 1. The van der Waals surface area contributed by atoms with Crippen LogP contribution in [0, 0.1) is 5.92 Å². The molecule has 2 aromatic carbocycles. The number of carbonyl (C=O) groups excluding carboxylic acids is 1. The van der Waals surface area contributed by atoms with E-state index in [4.69, 9.17) is 4.74 Å². The van der Waals surface area contributed by atoms with E-state index in [1.165, 1.54) is 0 Å². The van der Waals surface area contributed by atoms with Crippen molar-refractivity contribution in [3.05, 3.63) is 66.2 Å². The van der Waals surface area contributed by atoms with Crippen LogP contribution in [0.4, 0.5) is 5.69 Å². The maximum atomic E-state index is 12.4. The SMILES string of the molecule is CC[C@H]1C(=O)N(c2ccc(OC)cc2)[C@@H]1/C=C/c1ccccc1. The molecule has 0 saturated carbocycles. The Labute approximate surface area is 137 Å². The number of rotatable bonds is 5. The first-order valence-electron chi connectivity index (χ1n) is 7.95. The van der Waals surface area contributed by atoms with Gasteiger partial charge < -0.3 is 9.64 Å². The number of hydrogen-bond acceptors (Lipinski definition) is 2. The van der Waals surface area contributed by atoms with E-state index in [0.717, 1.165) is 23.4 Å². The van der Waals surface area contributed by atoms with Crippen molar-refractivity contribution < 1.29 is 9.53 Å². The zero-order valence-electron chi connectivity index (χ0n) is 13.5. The molecule has 0 N–H and O–H groups in total. The Balaban J connectivity index is 1.83. The molecule has 23 heavy (non-hydrogen) atoms. The van der Waals surface area contributed by atoms with Crippen molar-refractivity contribution in [3.8, 4) is 5.75 Å². The largest absolute Gasteiger partial charge is 0.497 e. The summed E-state index contributed by atoms with van der Waals surface area (Å²) in [5.41, 5.74) is 2.07. The Bertz CT molecular complexity index is 691. The quantitative estimate of drug-likeness (QED) is 0.777. The van der Waals surface area contributed by atoms with E-state index in [9.17, 15) is 4.79 Å². The van der Waals surface area contributed by atoms with Gasteiger partial charge >= 0.3 is 0 Å². The molecule has 0 bridgehead atoms. The minimum absolute atomic E-state index is 0.0667. The maximum Gasteiger partial charge on any atom is 0.233 e. The fourth-order valence-corrected chi connectivity index (χ4v) is 3.02. The second-order valence-corrected chi connectivity index (χ2v) is 5.68. The number of nitrogens with zero attached hydrogens (tertiary/aromatic N) is 1. The molecule has 1 aliphatic rings. The molecule has 1 heterocycles. The molecule has 2 atom stereocenters. The summed E-state index contributed by atoms with van der Waals surface area (Å²) in [4.78, 5) is 14.3. The number of anilines is 1. The van der Waals surface area contributed by atoms with Crippen LogP contribution in [0.25, 0.3) is 6.08 Å². The minimum Gasteiger partial charge on any atom is -0.497 e. The molecular weight excluding hydrogens is 286 g/mol. The molecule has 0 unspecified atom stereocenters. The smallest absolute Gasteiger partial charge is 0.233 e. The summed E-state index contributed by atoms with van der Waals surface area (Å²) in [5.74, 6) is 1.06. The van der Waals surface area contributed by atoms with Gasteiger partial charge in [-0.25, -0.2) is 0 Å². The zero-order chi connectivity index (χ0) is 16.2. The van der Waals surface area contributed by atoms with E-state index in [0.29, 0.717) is 0 Å². The van der Waals surface area contributed by atoms with Gasteiger partial charge in [0.2, 0.25) is 5.91 Å². The monoisotopic (exact) mass is 307 g/mol. The zero-order valence-corrected chi connectivity index (χ0v) is 13.5. The third-order valence-electron chi connectivity index (χ3n) is 4.34. The fourth-order valence-electron chi connectivity index (χ4n) is 3.02. The predicted molar refractivity (Wildman–Crippen MR) is 93.5 cm³/mol. The van der Waals surface area contributed by atoms with E-state index >= 15 is 0 Å². The van der Waals surface area contributed by atoms with Gasteiger partial charge in [0, 0.05) is 5.69 Å². The van der Waals surface area contributed by atoms with E-state index in [1.807, 2.05) is 47.4 Å². The van der Waals surface area contributed by atoms with Crippen molar-refractivity contribution >= 4 is 17.7 Å². The van der Waals surface area contributed by atoms with Crippen molar-refractivity contribution in [3.63, 3.8) is 0 Å². The first-order chi connectivity index (χ1) is 11.2. The third kappa shape index (κ3) is 3.00. The molecule has 3 heteroatoms. The van der Waals surface area contributed by atoms with Crippen LogP contribution < -0.4 is 9.64 Å². The average Bonchev–Trinajstić information content (AvgIpc) is 2.60. The summed E-state index contributed by atoms with van der Waals surface area (Å²) in [6, 6.07) is 17.9. The molecule has 3 rings (SSSR count). The van der Waals surface area contributed by atoms with Gasteiger partial charge in [-0.05, 0) is 36.2 Å². The van der Waals surface area contributed by atoms with Crippen LogP contribution in [0.5, 0.6) is 5.75 Å².